The summed E-state index contributed by atoms with van der Waals surface area (Å²) in [5.74, 6) is 0.762. The normalized spacial score (nSPS) is 20.1. The predicted octanol–water partition coefficient (Wildman–Crippen LogP) is 1.29. The molecule has 1 aliphatic heterocycles. The first-order chi connectivity index (χ1) is 7.93. The Morgan fingerprint density at radius 3 is 2.81 bits per heavy atom. The van der Waals surface area contributed by atoms with Crippen LogP contribution in [-0.2, 0) is 0 Å². The van der Waals surface area contributed by atoms with E-state index in [1.54, 1.807) is 18.6 Å². The van der Waals surface area contributed by atoms with Crippen LogP contribution in [-0.4, -0.2) is 26.5 Å². The minimum absolute atomic E-state index is 0.373. The van der Waals surface area contributed by atoms with Crippen molar-refractivity contribution >= 4 is 0 Å². The number of nitrogens with zero attached hydrogens (tertiary/aromatic N) is 3. The van der Waals surface area contributed by atoms with E-state index in [0.29, 0.717) is 6.04 Å². The molecule has 1 atom stereocenters. The van der Waals surface area contributed by atoms with Crippen LogP contribution in [0.1, 0.15) is 24.6 Å². The van der Waals surface area contributed by atoms with Crippen molar-refractivity contribution in [2.75, 3.05) is 6.54 Å². The van der Waals surface area contributed by atoms with Crippen molar-refractivity contribution in [2.24, 2.45) is 0 Å². The third-order valence-corrected chi connectivity index (χ3v) is 2.83. The Morgan fingerprint density at radius 2 is 2.19 bits per heavy atom. The molecule has 0 aromatic carbocycles. The third kappa shape index (κ3) is 1.69. The fourth-order valence-corrected chi connectivity index (χ4v) is 1.98. The topological polar surface area (TPSA) is 66.5 Å². The maximum atomic E-state index is 4.43. The Kier molecular flexibility index (Phi) is 2.38. The first-order valence-corrected chi connectivity index (χ1v) is 5.48. The van der Waals surface area contributed by atoms with Crippen LogP contribution in [0.2, 0.25) is 0 Å². The third-order valence-electron chi connectivity index (χ3n) is 2.83. The van der Waals surface area contributed by atoms with E-state index in [0.717, 1.165) is 30.2 Å². The van der Waals surface area contributed by atoms with Gasteiger partial charge in [-0.2, -0.15) is 0 Å². The molecule has 0 spiro atoms. The molecule has 82 valence electrons. The van der Waals surface area contributed by atoms with E-state index in [1.807, 2.05) is 6.20 Å². The molecule has 0 amide bonds. The van der Waals surface area contributed by atoms with Gasteiger partial charge in [0.15, 0.2) is 5.82 Å². The maximum Gasteiger partial charge on any atom is 0.157 e. The average molecular weight is 215 g/mol. The summed E-state index contributed by atoms with van der Waals surface area (Å²) in [6.07, 6.45) is 9.46. The van der Waals surface area contributed by atoms with Gasteiger partial charge in [-0.1, -0.05) is 0 Å². The second-order valence-corrected chi connectivity index (χ2v) is 3.91. The highest BCUT2D eigenvalue weighted by molar-refractivity contribution is 5.46. The molecule has 2 aromatic rings. The second kappa shape index (κ2) is 4.02. The van der Waals surface area contributed by atoms with Crippen LogP contribution in [0.4, 0.5) is 0 Å². The monoisotopic (exact) mass is 215 g/mol. The summed E-state index contributed by atoms with van der Waals surface area (Å²) in [6, 6.07) is 0.373. The van der Waals surface area contributed by atoms with Crippen molar-refractivity contribution in [3.63, 3.8) is 0 Å². The van der Waals surface area contributed by atoms with Crippen molar-refractivity contribution in [3.8, 4) is 11.5 Å². The summed E-state index contributed by atoms with van der Waals surface area (Å²) in [4.78, 5) is 16.0. The lowest BCUT2D eigenvalue weighted by molar-refractivity contribution is 0.624. The molecule has 0 aliphatic carbocycles. The van der Waals surface area contributed by atoms with Crippen molar-refractivity contribution < 1.29 is 0 Å². The predicted molar refractivity (Wildman–Crippen MR) is 59.6 cm³/mol. The minimum atomic E-state index is 0.373. The number of hydrogen-bond donors (Lipinski definition) is 2. The van der Waals surface area contributed by atoms with Gasteiger partial charge in [-0.3, -0.25) is 4.98 Å². The summed E-state index contributed by atoms with van der Waals surface area (Å²) >= 11 is 0. The summed E-state index contributed by atoms with van der Waals surface area (Å²) in [6.45, 7) is 1.08. The van der Waals surface area contributed by atoms with E-state index in [9.17, 15) is 0 Å². The zero-order valence-electron chi connectivity index (χ0n) is 8.85. The fourth-order valence-electron chi connectivity index (χ4n) is 1.98. The van der Waals surface area contributed by atoms with Gasteiger partial charge >= 0.3 is 0 Å². The number of rotatable bonds is 2. The lowest BCUT2D eigenvalue weighted by Crippen LogP contribution is -2.14. The highest BCUT2D eigenvalue weighted by Gasteiger charge is 2.17. The molecule has 16 heavy (non-hydrogen) atoms. The Balaban J connectivity index is 1.84. The van der Waals surface area contributed by atoms with Crippen LogP contribution in [0.15, 0.2) is 24.8 Å². The number of imidazole rings is 1. The summed E-state index contributed by atoms with van der Waals surface area (Å²) in [7, 11) is 0. The minimum Gasteiger partial charge on any atom is -0.343 e. The van der Waals surface area contributed by atoms with Crippen LogP contribution in [0.25, 0.3) is 11.5 Å². The highest BCUT2D eigenvalue weighted by atomic mass is 15.0. The first kappa shape index (κ1) is 9.47. The zero-order chi connectivity index (χ0) is 10.8. The second-order valence-electron chi connectivity index (χ2n) is 3.91. The van der Waals surface area contributed by atoms with Gasteiger partial charge in [0.05, 0.1) is 24.1 Å². The van der Waals surface area contributed by atoms with Gasteiger partial charge in [0.1, 0.15) is 5.69 Å². The summed E-state index contributed by atoms with van der Waals surface area (Å²) in [5.41, 5.74) is 1.81. The molecule has 0 bridgehead atoms. The molecule has 1 fully saturated rings. The van der Waals surface area contributed by atoms with Crippen LogP contribution < -0.4 is 5.32 Å². The van der Waals surface area contributed by atoms with Gasteiger partial charge < -0.3 is 10.3 Å². The van der Waals surface area contributed by atoms with Crippen LogP contribution in [0, 0.1) is 0 Å². The van der Waals surface area contributed by atoms with Crippen molar-refractivity contribution in [2.45, 2.75) is 18.9 Å². The molecule has 2 aromatic heterocycles. The summed E-state index contributed by atoms with van der Waals surface area (Å²) in [5, 5.41) is 3.40. The molecule has 5 heteroatoms. The van der Waals surface area contributed by atoms with Gasteiger partial charge in [-0.15, -0.1) is 0 Å². The van der Waals surface area contributed by atoms with Crippen molar-refractivity contribution in [3.05, 3.63) is 30.5 Å². The Labute approximate surface area is 93.4 Å². The van der Waals surface area contributed by atoms with Gasteiger partial charge in [-0.25, -0.2) is 9.97 Å². The van der Waals surface area contributed by atoms with Crippen LogP contribution in [0.5, 0.6) is 0 Å². The van der Waals surface area contributed by atoms with E-state index in [4.69, 9.17) is 0 Å². The largest absolute Gasteiger partial charge is 0.343 e. The lowest BCUT2D eigenvalue weighted by Gasteiger charge is -2.08. The zero-order valence-corrected chi connectivity index (χ0v) is 8.85. The number of H-pyrrole nitrogens is 1. The molecule has 3 heterocycles. The molecule has 0 radical (unpaired) electrons. The number of nitrogens with one attached hydrogen (secondary N) is 2. The van der Waals surface area contributed by atoms with Crippen LogP contribution in [0.3, 0.4) is 0 Å². The molecule has 1 unspecified atom stereocenters. The van der Waals surface area contributed by atoms with Gasteiger partial charge in [0, 0.05) is 12.4 Å². The van der Waals surface area contributed by atoms with Crippen molar-refractivity contribution in [1.82, 2.24) is 25.3 Å². The van der Waals surface area contributed by atoms with E-state index < -0.39 is 0 Å². The molecule has 5 nitrogen and oxygen atoms in total. The van der Waals surface area contributed by atoms with E-state index in [-0.39, 0.29) is 0 Å². The van der Waals surface area contributed by atoms with Gasteiger partial charge in [0.2, 0.25) is 0 Å². The molecule has 1 saturated heterocycles. The van der Waals surface area contributed by atoms with E-state index in [1.165, 1.54) is 6.42 Å². The van der Waals surface area contributed by atoms with E-state index >= 15 is 0 Å². The average Bonchev–Trinajstić information content (AvgIpc) is 3.03. The molecule has 0 saturated carbocycles. The van der Waals surface area contributed by atoms with Crippen molar-refractivity contribution in [1.29, 1.82) is 0 Å². The smallest absolute Gasteiger partial charge is 0.157 e. The Morgan fingerprint density at radius 1 is 1.19 bits per heavy atom. The quantitative estimate of drug-likeness (QED) is 0.792. The van der Waals surface area contributed by atoms with Crippen LogP contribution >= 0.6 is 0 Å². The molecular formula is C11H13N5. The molecular weight excluding hydrogens is 202 g/mol. The first-order valence-electron chi connectivity index (χ1n) is 5.48. The Hall–Kier alpha value is -1.75. The fraction of sp³-hybridized carbons (Fsp3) is 0.364. The maximum absolute atomic E-state index is 4.43. The van der Waals surface area contributed by atoms with E-state index in [2.05, 4.69) is 25.3 Å². The highest BCUT2D eigenvalue weighted by Crippen LogP contribution is 2.21. The van der Waals surface area contributed by atoms with Gasteiger partial charge in [-0.05, 0) is 19.4 Å². The SMILES string of the molecule is c1c[nH]c(-c2cnc(C3CCCN3)cn2)n1. The number of aromatic amines is 1. The van der Waals surface area contributed by atoms with Gasteiger partial charge in [0.25, 0.3) is 0 Å². The Bertz CT molecular complexity index is 442. The lowest BCUT2D eigenvalue weighted by atomic mass is 10.2. The number of hydrogen-bond acceptors (Lipinski definition) is 4. The molecule has 3 rings (SSSR count). The summed E-state index contributed by atoms with van der Waals surface area (Å²) < 4.78 is 0. The standard InChI is InChI=1S/C11H13N5/c1-2-8(12-3-1)9-6-16-10(7-15-9)11-13-4-5-14-11/h4-8,12H,1-3H2,(H,13,14). The molecule has 2 N–H and O–H groups in total. The molecule has 1 aliphatic rings. The number of aromatic nitrogens is 4.